The van der Waals surface area contributed by atoms with E-state index in [1.807, 2.05) is 19.9 Å². The minimum atomic E-state index is -0.342. The van der Waals surface area contributed by atoms with E-state index < -0.39 is 0 Å². The Morgan fingerprint density at radius 2 is 1.85 bits per heavy atom. The highest BCUT2D eigenvalue weighted by molar-refractivity contribution is 7.17. The van der Waals surface area contributed by atoms with Crippen LogP contribution in [0.4, 0.5) is 9.39 Å². The lowest BCUT2D eigenvalue weighted by Gasteiger charge is -2.34. The van der Waals surface area contributed by atoms with Gasteiger partial charge in [0.25, 0.3) is 0 Å². The van der Waals surface area contributed by atoms with Gasteiger partial charge in [0.2, 0.25) is 5.91 Å². The molecule has 0 radical (unpaired) electrons. The van der Waals surface area contributed by atoms with E-state index in [-0.39, 0.29) is 30.3 Å². The Kier molecular flexibility index (Phi) is 7.78. The molecule has 2 aliphatic rings. The van der Waals surface area contributed by atoms with Crippen LogP contribution in [0, 0.1) is 5.82 Å². The molecule has 4 rings (SSSR count). The van der Waals surface area contributed by atoms with Crippen molar-refractivity contribution in [2.75, 3.05) is 38.0 Å². The maximum absolute atomic E-state index is 13.4. The standard InChI is InChI=1S/C25H32FN3O3S/c1-17(2)32-25(31)23-20-8-3-4-9-21(20)33-24(23)27-22(30)16-29-12-10-28(11-13-29)15-18-6-5-7-19(26)14-18/h5-7,14,17H,3-4,8-13,15-16H2,1-2H3,(H,27,30). The monoisotopic (exact) mass is 473 g/mol. The van der Waals surface area contributed by atoms with Crippen LogP contribution < -0.4 is 5.32 Å². The van der Waals surface area contributed by atoms with Gasteiger partial charge in [0, 0.05) is 37.6 Å². The molecule has 0 unspecified atom stereocenters. The molecular weight excluding hydrogens is 441 g/mol. The van der Waals surface area contributed by atoms with Gasteiger partial charge in [0.05, 0.1) is 18.2 Å². The lowest BCUT2D eigenvalue weighted by Crippen LogP contribution is -2.48. The molecule has 2 heterocycles. The zero-order valence-electron chi connectivity index (χ0n) is 19.4. The Balaban J connectivity index is 1.34. The molecule has 1 saturated heterocycles. The second kappa shape index (κ2) is 10.8. The van der Waals surface area contributed by atoms with Crippen molar-refractivity contribution in [2.24, 2.45) is 0 Å². The Morgan fingerprint density at radius 1 is 1.12 bits per heavy atom. The van der Waals surface area contributed by atoms with Gasteiger partial charge in [-0.25, -0.2) is 9.18 Å². The molecule has 178 valence electrons. The number of carbonyl (C=O) groups is 2. The van der Waals surface area contributed by atoms with Crippen molar-refractivity contribution in [3.05, 3.63) is 51.7 Å². The molecular formula is C25H32FN3O3S. The summed E-state index contributed by atoms with van der Waals surface area (Å²) in [7, 11) is 0. The van der Waals surface area contributed by atoms with E-state index in [1.165, 1.54) is 22.3 Å². The van der Waals surface area contributed by atoms with Crippen LogP contribution >= 0.6 is 11.3 Å². The first-order valence-corrected chi connectivity index (χ1v) is 12.5. The lowest BCUT2D eigenvalue weighted by atomic mass is 9.95. The fourth-order valence-electron chi connectivity index (χ4n) is 4.51. The van der Waals surface area contributed by atoms with Crippen LogP contribution in [-0.2, 0) is 28.9 Å². The van der Waals surface area contributed by atoms with Gasteiger partial charge in [-0.15, -0.1) is 11.3 Å². The number of nitrogens with zero attached hydrogens (tertiary/aromatic N) is 2. The number of nitrogens with one attached hydrogen (secondary N) is 1. The highest BCUT2D eigenvalue weighted by atomic mass is 32.1. The summed E-state index contributed by atoms with van der Waals surface area (Å²) in [4.78, 5) is 31.2. The predicted molar refractivity (Wildman–Crippen MR) is 128 cm³/mol. The Morgan fingerprint density at radius 3 is 2.58 bits per heavy atom. The number of amides is 1. The zero-order valence-corrected chi connectivity index (χ0v) is 20.2. The Labute approximate surface area is 198 Å². The topological polar surface area (TPSA) is 61.9 Å². The van der Waals surface area contributed by atoms with E-state index in [4.69, 9.17) is 4.74 Å². The van der Waals surface area contributed by atoms with E-state index in [0.29, 0.717) is 17.1 Å². The maximum Gasteiger partial charge on any atom is 0.341 e. The first-order valence-electron chi connectivity index (χ1n) is 11.7. The molecule has 6 nitrogen and oxygen atoms in total. The number of ether oxygens (including phenoxy) is 1. The van der Waals surface area contributed by atoms with Gasteiger partial charge in [-0.1, -0.05) is 12.1 Å². The number of piperazine rings is 1. The summed E-state index contributed by atoms with van der Waals surface area (Å²) >= 11 is 1.52. The fourth-order valence-corrected chi connectivity index (χ4v) is 5.80. The van der Waals surface area contributed by atoms with Crippen LogP contribution in [0.15, 0.2) is 24.3 Å². The highest BCUT2D eigenvalue weighted by Crippen LogP contribution is 2.38. The van der Waals surface area contributed by atoms with Crippen molar-refractivity contribution in [3.63, 3.8) is 0 Å². The number of hydrogen-bond donors (Lipinski definition) is 1. The molecule has 0 bridgehead atoms. The number of aryl methyl sites for hydroxylation is 1. The van der Waals surface area contributed by atoms with Gasteiger partial charge in [-0.3, -0.25) is 14.6 Å². The molecule has 8 heteroatoms. The van der Waals surface area contributed by atoms with Gasteiger partial charge in [0.15, 0.2) is 0 Å². The molecule has 1 aromatic heterocycles. The van der Waals surface area contributed by atoms with Crippen molar-refractivity contribution in [1.29, 1.82) is 0 Å². The van der Waals surface area contributed by atoms with E-state index in [0.717, 1.165) is 63.0 Å². The molecule has 1 aliphatic carbocycles. The molecule has 33 heavy (non-hydrogen) atoms. The third-order valence-corrected chi connectivity index (χ3v) is 7.31. The second-order valence-electron chi connectivity index (χ2n) is 9.10. The zero-order chi connectivity index (χ0) is 23.4. The van der Waals surface area contributed by atoms with Crippen molar-refractivity contribution < 1.29 is 18.7 Å². The van der Waals surface area contributed by atoms with Crippen molar-refractivity contribution in [3.8, 4) is 0 Å². The summed E-state index contributed by atoms with van der Waals surface area (Å²) in [5.41, 5.74) is 2.57. The van der Waals surface area contributed by atoms with Crippen LogP contribution in [0.5, 0.6) is 0 Å². The number of rotatable bonds is 7. The number of esters is 1. The number of halogens is 1. The molecule has 2 aromatic rings. The molecule has 0 saturated carbocycles. The number of anilines is 1. The van der Waals surface area contributed by atoms with Crippen molar-refractivity contribution in [2.45, 2.75) is 52.2 Å². The SMILES string of the molecule is CC(C)OC(=O)c1c(NC(=O)CN2CCN(Cc3cccc(F)c3)CC2)sc2c1CCCC2. The van der Waals surface area contributed by atoms with Gasteiger partial charge in [-0.05, 0) is 62.8 Å². The molecule has 1 aromatic carbocycles. The Hall–Kier alpha value is -2.29. The first kappa shape index (κ1) is 23.9. The summed E-state index contributed by atoms with van der Waals surface area (Å²) in [6.07, 6.45) is 3.77. The van der Waals surface area contributed by atoms with Crippen LogP contribution in [0.2, 0.25) is 0 Å². The van der Waals surface area contributed by atoms with Crippen LogP contribution in [0.25, 0.3) is 0 Å². The van der Waals surface area contributed by atoms with E-state index in [1.54, 1.807) is 12.1 Å². The minimum Gasteiger partial charge on any atom is -0.459 e. The average Bonchev–Trinajstić information content (AvgIpc) is 3.12. The third-order valence-electron chi connectivity index (χ3n) is 6.10. The maximum atomic E-state index is 13.4. The van der Waals surface area contributed by atoms with Crippen LogP contribution in [0.3, 0.4) is 0 Å². The second-order valence-corrected chi connectivity index (χ2v) is 10.2. The summed E-state index contributed by atoms with van der Waals surface area (Å²) in [6.45, 7) is 7.85. The quantitative estimate of drug-likeness (QED) is 0.614. The van der Waals surface area contributed by atoms with Crippen LogP contribution in [0.1, 0.15) is 53.1 Å². The van der Waals surface area contributed by atoms with Crippen molar-refractivity contribution >= 4 is 28.2 Å². The van der Waals surface area contributed by atoms with Gasteiger partial charge < -0.3 is 10.1 Å². The predicted octanol–water partition coefficient (Wildman–Crippen LogP) is 4.09. The molecule has 0 spiro atoms. The average molecular weight is 474 g/mol. The van der Waals surface area contributed by atoms with Crippen molar-refractivity contribution in [1.82, 2.24) is 9.80 Å². The number of carbonyl (C=O) groups excluding carboxylic acids is 2. The minimum absolute atomic E-state index is 0.106. The molecule has 1 fully saturated rings. The number of benzene rings is 1. The number of fused-ring (bicyclic) bond motifs is 1. The summed E-state index contributed by atoms with van der Waals surface area (Å²) in [5.74, 6) is -0.661. The first-order chi connectivity index (χ1) is 15.9. The van der Waals surface area contributed by atoms with Gasteiger partial charge >= 0.3 is 5.97 Å². The molecule has 1 amide bonds. The highest BCUT2D eigenvalue weighted by Gasteiger charge is 2.28. The summed E-state index contributed by atoms with van der Waals surface area (Å²) in [6, 6.07) is 6.70. The van der Waals surface area contributed by atoms with E-state index in [9.17, 15) is 14.0 Å². The largest absolute Gasteiger partial charge is 0.459 e. The van der Waals surface area contributed by atoms with Gasteiger partial charge in [0.1, 0.15) is 10.8 Å². The summed E-state index contributed by atoms with van der Waals surface area (Å²) in [5, 5.41) is 3.64. The molecule has 1 aliphatic heterocycles. The molecule has 0 atom stereocenters. The smallest absolute Gasteiger partial charge is 0.341 e. The number of thiophene rings is 1. The number of hydrogen-bond acceptors (Lipinski definition) is 6. The Bertz CT molecular complexity index is 999. The normalized spacial score (nSPS) is 17.1. The van der Waals surface area contributed by atoms with E-state index >= 15 is 0 Å². The fraction of sp³-hybridized carbons (Fsp3) is 0.520. The third kappa shape index (κ3) is 6.19. The van der Waals surface area contributed by atoms with Gasteiger partial charge in [-0.2, -0.15) is 0 Å². The van der Waals surface area contributed by atoms with E-state index in [2.05, 4.69) is 15.1 Å². The summed E-state index contributed by atoms with van der Waals surface area (Å²) < 4.78 is 18.9. The molecule has 1 N–H and O–H groups in total. The van der Waals surface area contributed by atoms with Crippen LogP contribution in [-0.4, -0.2) is 60.5 Å². The lowest BCUT2D eigenvalue weighted by molar-refractivity contribution is -0.117.